The first-order valence-electron chi connectivity index (χ1n) is 6.40. The number of para-hydroxylation sites is 1. The molecular formula is C18H14I2O. The molecule has 0 amide bonds. The van der Waals surface area contributed by atoms with E-state index in [1.165, 1.54) is 18.3 Å². The minimum Gasteiger partial charge on any atom is -0.508 e. The lowest BCUT2D eigenvalue weighted by atomic mass is 10.1. The Labute approximate surface area is 152 Å². The van der Waals surface area contributed by atoms with E-state index in [2.05, 4.69) is 93.7 Å². The van der Waals surface area contributed by atoms with Gasteiger partial charge in [0, 0.05) is 7.14 Å². The standard InChI is InChI=1S/C12H8I2.C6H6O/c13-11-5-1-9(2-6-11)10-3-7-12(14)8-4-10;7-6-4-2-1-3-5-6/h1-8H;1-5,7H. The van der Waals surface area contributed by atoms with Gasteiger partial charge in [-0.1, -0.05) is 42.5 Å². The monoisotopic (exact) mass is 500 g/mol. The van der Waals surface area contributed by atoms with Gasteiger partial charge in [0.25, 0.3) is 0 Å². The molecule has 3 rings (SSSR count). The van der Waals surface area contributed by atoms with Crippen molar-refractivity contribution in [1.82, 2.24) is 0 Å². The molecule has 0 atom stereocenters. The number of hydrogen-bond donors (Lipinski definition) is 1. The van der Waals surface area contributed by atoms with Crippen molar-refractivity contribution < 1.29 is 5.11 Å². The Bertz CT molecular complexity index is 618. The van der Waals surface area contributed by atoms with Gasteiger partial charge in [0.05, 0.1) is 0 Å². The predicted octanol–water partition coefficient (Wildman–Crippen LogP) is 5.96. The van der Waals surface area contributed by atoms with Gasteiger partial charge in [0.1, 0.15) is 5.75 Å². The number of rotatable bonds is 1. The molecule has 1 nitrogen and oxygen atoms in total. The van der Waals surface area contributed by atoms with Gasteiger partial charge < -0.3 is 5.11 Å². The number of phenols is 1. The summed E-state index contributed by atoms with van der Waals surface area (Å²) in [6, 6.07) is 25.9. The van der Waals surface area contributed by atoms with Crippen LogP contribution in [-0.4, -0.2) is 5.11 Å². The maximum absolute atomic E-state index is 8.63. The Morgan fingerprint density at radius 3 is 1.19 bits per heavy atom. The average molecular weight is 500 g/mol. The van der Waals surface area contributed by atoms with Crippen LogP contribution in [0.3, 0.4) is 0 Å². The summed E-state index contributed by atoms with van der Waals surface area (Å²) in [5.74, 6) is 0.322. The van der Waals surface area contributed by atoms with E-state index in [1.54, 1.807) is 24.3 Å². The van der Waals surface area contributed by atoms with Gasteiger partial charge in [-0.15, -0.1) is 0 Å². The molecule has 3 aromatic rings. The minimum atomic E-state index is 0.322. The van der Waals surface area contributed by atoms with Crippen LogP contribution in [0.4, 0.5) is 0 Å². The molecule has 0 radical (unpaired) electrons. The second-order valence-corrected chi connectivity index (χ2v) is 6.84. The number of hydrogen-bond acceptors (Lipinski definition) is 1. The zero-order valence-electron chi connectivity index (χ0n) is 11.2. The summed E-state index contributed by atoms with van der Waals surface area (Å²) in [6.45, 7) is 0. The zero-order valence-corrected chi connectivity index (χ0v) is 15.5. The summed E-state index contributed by atoms with van der Waals surface area (Å²) < 4.78 is 2.55. The molecule has 0 aromatic heterocycles. The zero-order chi connectivity index (χ0) is 15.1. The second-order valence-electron chi connectivity index (χ2n) is 4.35. The molecule has 0 aliphatic rings. The molecule has 0 heterocycles. The van der Waals surface area contributed by atoms with Crippen LogP contribution in [0, 0.1) is 7.14 Å². The van der Waals surface area contributed by atoms with Crippen LogP contribution in [-0.2, 0) is 0 Å². The van der Waals surface area contributed by atoms with Gasteiger partial charge in [0.2, 0.25) is 0 Å². The highest BCUT2D eigenvalue weighted by atomic mass is 127. The highest BCUT2D eigenvalue weighted by molar-refractivity contribution is 14.1. The van der Waals surface area contributed by atoms with Crippen molar-refractivity contribution >= 4 is 45.2 Å². The largest absolute Gasteiger partial charge is 0.508 e. The summed E-state index contributed by atoms with van der Waals surface area (Å²) in [4.78, 5) is 0. The van der Waals surface area contributed by atoms with Crippen molar-refractivity contribution in [2.24, 2.45) is 0 Å². The number of aromatic hydroxyl groups is 1. The summed E-state index contributed by atoms with van der Waals surface area (Å²) >= 11 is 4.64. The fraction of sp³-hybridized carbons (Fsp3) is 0. The SMILES string of the molecule is Ic1ccc(-c2ccc(I)cc2)cc1.Oc1ccccc1. The number of benzene rings is 3. The molecule has 106 valence electrons. The fourth-order valence-corrected chi connectivity index (χ4v) is 2.43. The fourth-order valence-electron chi connectivity index (χ4n) is 1.71. The lowest BCUT2D eigenvalue weighted by Crippen LogP contribution is -1.78. The molecule has 21 heavy (non-hydrogen) atoms. The lowest BCUT2D eigenvalue weighted by Gasteiger charge is -2.01. The van der Waals surface area contributed by atoms with E-state index >= 15 is 0 Å². The summed E-state index contributed by atoms with van der Waals surface area (Å²) in [5, 5.41) is 8.63. The van der Waals surface area contributed by atoms with Crippen molar-refractivity contribution in [2.45, 2.75) is 0 Å². The van der Waals surface area contributed by atoms with Gasteiger partial charge in [-0.2, -0.15) is 0 Å². The van der Waals surface area contributed by atoms with E-state index in [4.69, 9.17) is 5.11 Å². The quantitative estimate of drug-likeness (QED) is 0.410. The van der Waals surface area contributed by atoms with Crippen molar-refractivity contribution in [3.05, 3.63) is 86.0 Å². The molecule has 0 saturated carbocycles. The molecule has 0 spiro atoms. The summed E-state index contributed by atoms with van der Waals surface area (Å²) in [7, 11) is 0. The Morgan fingerprint density at radius 2 is 0.905 bits per heavy atom. The van der Waals surface area contributed by atoms with E-state index in [0.717, 1.165) is 0 Å². The maximum Gasteiger partial charge on any atom is 0.115 e. The Balaban J connectivity index is 0.000000194. The Morgan fingerprint density at radius 1 is 0.524 bits per heavy atom. The molecule has 0 saturated heterocycles. The highest BCUT2D eigenvalue weighted by Gasteiger charge is 1.96. The lowest BCUT2D eigenvalue weighted by molar-refractivity contribution is 0.475. The maximum atomic E-state index is 8.63. The van der Waals surface area contributed by atoms with Crippen LogP contribution in [0.5, 0.6) is 5.75 Å². The summed E-state index contributed by atoms with van der Waals surface area (Å²) in [6.07, 6.45) is 0. The van der Waals surface area contributed by atoms with E-state index in [1.807, 2.05) is 6.07 Å². The van der Waals surface area contributed by atoms with E-state index in [-0.39, 0.29) is 0 Å². The second kappa shape index (κ2) is 8.38. The first kappa shape index (κ1) is 16.3. The van der Waals surface area contributed by atoms with Crippen molar-refractivity contribution in [2.75, 3.05) is 0 Å². The van der Waals surface area contributed by atoms with Crippen LogP contribution >= 0.6 is 45.2 Å². The topological polar surface area (TPSA) is 20.2 Å². The minimum absolute atomic E-state index is 0.322. The molecular weight excluding hydrogens is 486 g/mol. The average Bonchev–Trinajstić information content (AvgIpc) is 2.50. The molecule has 3 heteroatoms. The van der Waals surface area contributed by atoms with Crippen LogP contribution in [0.15, 0.2) is 78.9 Å². The van der Waals surface area contributed by atoms with Gasteiger partial charge in [-0.25, -0.2) is 0 Å². The number of phenolic OH excluding ortho intramolecular Hbond substituents is 1. The summed E-state index contributed by atoms with van der Waals surface area (Å²) in [5.41, 5.74) is 2.56. The highest BCUT2D eigenvalue weighted by Crippen LogP contribution is 2.21. The molecule has 0 aliphatic carbocycles. The first-order chi connectivity index (χ1) is 10.1. The third kappa shape index (κ3) is 5.67. The predicted molar refractivity (Wildman–Crippen MR) is 105 cm³/mol. The molecule has 0 aliphatic heterocycles. The van der Waals surface area contributed by atoms with Crippen LogP contribution < -0.4 is 0 Å². The van der Waals surface area contributed by atoms with Crippen LogP contribution in [0.25, 0.3) is 11.1 Å². The number of halogens is 2. The van der Waals surface area contributed by atoms with Crippen molar-refractivity contribution in [1.29, 1.82) is 0 Å². The van der Waals surface area contributed by atoms with Crippen molar-refractivity contribution in [3.8, 4) is 16.9 Å². The normalized spacial score (nSPS) is 9.62. The van der Waals surface area contributed by atoms with E-state index in [0.29, 0.717) is 5.75 Å². The van der Waals surface area contributed by atoms with Crippen LogP contribution in [0.2, 0.25) is 0 Å². The Hall–Kier alpha value is -1.08. The van der Waals surface area contributed by atoms with Gasteiger partial charge in [-0.05, 0) is 92.7 Å². The molecule has 0 unspecified atom stereocenters. The smallest absolute Gasteiger partial charge is 0.115 e. The van der Waals surface area contributed by atoms with Gasteiger partial charge in [0.15, 0.2) is 0 Å². The van der Waals surface area contributed by atoms with Gasteiger partial charge >= 0.3 is 0 Å². The third-order valence-corrected chi connectivity index (χ3v) is 4.22. The van der Waals surface area contributed by atoms with Crippen LogP contribution in [0.1, 0.15) is 0 Å². The first-order valence-corrected chi connectivity index (χ1v) is 8.56. The van der Waals surface area contributed by atoms with E-state index < -0.39 is 0 Å². The molecule has 0 bridgehead atoms. The Kier molecular flexibility index (Phi) is 6.50. The van der Waals surface area contributed by atoms with Crippen molar-refractivity contribution in [3.63, 3.8) is 0 Å². The van der Waals surface area contributed by atoms with Gasteiger partial charge in [-0.3, -0.25) is 0 Å². The molecule has 1 N–H and O–H groups in total. The third-order valence-electron chi connectivity index (χ3n) is 2.78. The van der Waals surface area contributed by atoms with E-state index in [9.17, 15) is 0 Å². The molecule has 0 fully saturated rings. The molecule has 3 aromatic carbocycles.